The maximum absolute atomic E-state index is 11.7. The number of carbonyl (C=O) groups is 1. The van der Waals surface area contributed by atoms with Crippen molar-refractivity contribution < 1.29 is 14.3 Å². The van der Waals surface area contributed by atoms with Gasteiger partial charge in [0.15, 0.2) is 5.96 Å². The predicted octanol–water partition coefficient (Wildman–Crippen LogP) is 2.90. The lowest BCUT2D eigenvalue weighted by Crippen LogP contribution is -2.22. The first-order chi connectivity index (χ1) is 12.6. The van der Waals surface area contributed by atoms with Crippen LogP contribution in [0.25, 0.3) is 0 Å². The van der Waals surface area contributed by atoms with Crippen LogP contribution in [0.15, 0.2) is 41.4 Å². The van der Waals surface area contributed by atoms with Crippen LogP contribution in [0.4, 0.5) is 5.69 Å². The maximum atomic E-state index is 11.7. The van der Waals surface area contributed by atoms with Crippen LogP contribution in [0.1, 0.15) is 33.5 Å². The third-order valence-corrected chi connectivity index (χ3v) is 4.47. The van der Waals surface area contributed by atoms with Crippen LogP contribution in [-0.2, 0) is 24.1 Å². The van der Waals surface area contributed by atoms with E-state index in [1.54, 1.807) is 18.2 Å². The summed E-state index contributed by atoms with van der Waals surface area (Å²) in [5, 5.41) is 3.13. The van der Waals surface area contributed by atoms with E-state index in [1.807, 2.05) is 6.07 Å². The molecular formula is C20H23N3O3. The van der Waals surface area contributed by atoms with E-state index in [4.69, 9.17) is 15.2 Å². The molecule has 0 radical (unpaired) electrons. The molecule has 0 fully saturated rings. The van der Waals surface area contributed by atoms with Gasteiger partial charge in [-0.05, 0) is 60.2 Å². The molecule has 0 amide bonds. The fourth-order valence-corrected chi connectivity index (χ4v) is 3.13. The number of methoxy groups -OCH3 is 2. The molecule has 6 heteroatoms. The number of ether oxygens (including phenoxy) is 2. The smallest absolute Gasteiger partial charge is 0.341 e. The van der Waals surface area contributed by atoms with Crippen molar-refractivity contribution >= 4 is 17.6 Å². The highest BCUT2D eigenvalue weighted by atomic mass is 16.5. The summed E-state index contributed by atoms with van der Waals surface area (Å²) in [6.45, 7) is 0.377. The number of nitrogens with two attached hydrogens (primary N) is 1. The number of guanidine groups is 1. The van der Waals surface area contributed by atoms with Gasteiger partial charge in [-0.2, -0.15) is 0 Å². The van der Waals surface area contributed by atoms with Crippen LogP contribution in [0, 0.1) is 0 Å². The minimum Gasteiger partial charge on any atom is -0.496 e. The molecular weight excluding hydrogens is 330 g/mol. The van der Waals surface area contributed by atoms with Crippen LogP contribution >= 0.6 is 0 Å². The Balaban J connectivity index is 1.68. The molecule has 1 aliphatic carbocycles. The summed E-state index contributed by atoms with van der Waals surface area (Å²) in [5.41, 5.74) is 11.0. The SMILES string of the molecule is COC(=O)c1ccc(CN=C(N)Nc2ccc3c(c2)CCC3)cc1OC. The first kappa shape index (κ1) is 17.8. The van der Waals surface area contributed by atoms with E-state index in [0.717, 1.165) is 24.1 Å². The number of hydrogen-bond acceptors (Lipinski definition) is 4. The highest BCUT2D eigenvalue weighted by Gasteiger charge is 2.13. The van der Waals surface area contributed by atoms with Crippen LogP contribution in [-0.4, -0.2) is 26.1 Å². The van der Waals surface area contributed by atoms with E-state index in [0.29, 0.717) is 23.8 Å². The molecule has 6 nitrogen and oxygen atoms in total. The standard InChI is InChI=1S/C20H23N3O3/c1-25-18-10-13(6-9-17(18)19(24)26-2)12-22-20(21)23-16-8-7-14-4-3-5-15(14)11-16/h6-11H,3-5,12H2,1-2H3,(H3,21,22,23). The van der Waals surface area contributed by atoms with Gasteiger partial charge in [0.2, 0.25) is 0 Å². The fraction of sp³-hybridized carbons (Fsp3) is 0.300. The molecule has 136 valence electrons. The third-order valence-electron chi connectivity index (χ3n) is 4.47. The number of rotatable bonds is 5. The zero-order chi connectivity index (χ0) is 18.5. The topological polar surface area (TPSA) is 85.9 Å². The van der Waals surface area contributed by atoms with Gasteiger partial charge in [0.05, 0.1) is 20.8 Å². The summed E-state index contributed by atoms with van der Waals surface area (Å²) in [4.78, 5) is 16.1. The Hall–Kier alpha value is -3.02. The first-order valence-corrected chi connectivity index (χ1v) is 8.54. The Morgan fingerprint density at radius 2 is 1.96 bits per heavy atom. The molecule has 3 N–H and O–H groups in total. The lowest BCUT2D eigenvalue weighted by Gasteiger charge is -2.10. The Bertz CT molecular complexity index is 846. The van der Waals surface area contributed by atoms with Gasteiger partial charge < -0.3 is 20.5 Å². The van der Waals surface area contributed by atoms with Crippen molar-refractivity contribution in [1.29, 1.82) is 0 Å². The molecule has 26 heavy (non-hydrogen) atoms. The van der Waals surface area contributed by atoms with Crippen molar-refractivity contribution in [2.24, 2.45) is 10.7 Å². The molecule has 1 aliphatic rings. The quantitative estimate of drug-likeness (QED) is 0.490. The van der Waals surface area contributed by atoms with Crippen LogP contribution in [0.2, 0.25) is 0 Å². The molecule has 0 heterocycles. The predicted molar refractivity (Wildman–Crippen MR) is 102 cm³/mol. The number of fused-ring (bicyclic) bond motifs is 1. The number of aliphatic imine (C=N–C) groups is 1. The number of anilines is 1. The number of nitrogens with one attached hydrogen (secondary N) is 1. The lowest BCUT2D eigenvalue weighted by atomic mass is 10.1. The largest absolute Gasteiger partial charge is 0.496 e. The van der Waals surface area contributed by atoms with Gasteiger partial charge in [-0.15, -0.1) is 0 Å². The second-order valence-electron chi connectivity index (χ2n) is 6.19. The van der Waals surface area contributed by atoms with Crippen LogP contribution in [0.3, 0.4) is 0 Å². The molecule has 0 spiro atoms. The molecule has 0 aliphatic heterocycles. The summed E-state index contributed by atoms with van der Waals surface area (Å²) in [6, 6.07) is 11.5. The Morgan fingerprint density at radius 3 is 2.73 bits per heavy atom. The van der Waals surface area contributed by atoms with E-state index >= 15 is 0 Å². The molecule has 0 saturated heterocycles. The molecule has 0 aromatic heterocycles. The van der Waals surface area contributed by atoms with Crippen molar-refractivity contribution in [3.63, 3.8) is 0 Å². The van der Waals surface area contributed by atoms with Crippen molar-refractivity contribution in [3.8, 4) is 5.75 Å². The fourth-order valence-electron chi connectivity index (χ4n) is 3.13. The summed E-state index contributed by atoms with van der Waals surface area (Å²) >= 11 is 0. The highest BCUT2D eigenvalue weighted by Crippen LogP contribution is 2.25. The second kappa shape index (κ2) is 7.91. The lowest BCUT2D eigenvalue weighted by molar-refractivity contribution is 0.0597. The normalized spacial score (nSPS) is 13.2. The highest BCUT2D eigenvalue weighted by molar-refractivity contribution is 5.93. The summed E-state index contributed by atoms with van der Waals surface area (Å²) in [7, 11) is 2.85. The Kier molecular flexibility index (Phi) is 5.41. The van der Waals surface area contributed by atoms with E-state index in [1.165, 1.54) is 31.8 Å². The maximum Gasteiger partial charge on any atom is 0.341 e. The Labute approximate surface area is 153 Å². The molecule has 0 saturated carbocycles. The van der Waals surface area contributed by atoms with Crippen molar-refractivity contribution in [2.75, 3.05) is 19.5 Å². The van der Waals surface area contributed by atoms with Gasteiger partial charge in [0, 0.05) is 5.69 Å². The zero-order valence-electron chi connectivity index (χ0n) is 15.0. The number of nitrogens with zero attached hydrogens (tertiary/aromatic N) is 1. The number of carbonyl (C=O) groups excluding carboxylic acids is 1. The van der Waals surface area contributed by atoms with Crippen LogP contribution in [0.5, 0.6) is 5.75 Å². The summed E-state index contributed by atoms with van der Waals surface area (Å²) in [5.74, 6) is 0.364. The molecule has 3 rings (SSSR count). The second-order valence-corrected chi connectivity index (χ2v) is 6.19. The Morgan fingerprint density at radius 1 is 1.15 bits per heavy atom. The van der Waals surface area contributed by atoms with Crippen molar-refractivity contribution in [3.05, 3.63) is 58.7 Å². The number of benzene rings is 2. The first-order valence-electron chi connectivity index (χ1n) is 8.54. The number of aryl methyl sites for hydroxylation is 2. The van der Waals surface area contributed by atoms with Gasteiger partial charge in [0.1, 0.15) is 11.3 Å². The number of esters is 1. The van der Waals surface area contributed by atoms with Gasteiger partial charge in [-0.1, -0.05) is 12.1 Å². The monoisotopic (exact) mass is 353 g/mol. The average molecular weight is 353 g/mol. The summed E-state index contributed by atoms with van der Waals surface area (Å²) < 4.78 is 10.00. The zero-order valence-corrected chi connectivity index (χ0v) is 15.0. The van der Waals surface area contributed by atoms with Gasteiger partial charge >= 0.3 is 5.97 Å². The molecule has 2 aromatic rings. The minimum atomic E-state index is -0.435. The van der Waals surface area contributed by atoms with Gasteiger partial charge in [0.25, 0.3) is 0 Å². The van der Waals surface area contributed by atoms with Gasteiger partial charge in [-0.25, -0.2) is 9.79 Å². The summed E-state index contributed by atoms with van der Waals surface area (Å²) in [6.07, 6.45) is 3.49. The third kappa shape index (κ3) is 3.96. The van der Waals surface area contributed by atoms with E-state index in [-0.39, 0.29) is 0 Å². The van der Waals surface area contributed by atoms with Gasteiger partial charge in [-0.3, -0.25) is 0 Å². The molecule has 0 bridgehead atoms. The molecule has 2 aromatic carbocycles. The molecule has 0 atom stereocenters. The van der Waals surface area contributed by atoms with E-state index < -0.39 is 5.97 Å². The molecule has 0 unspecified atom stereocenters. The van der Waals surface area contributed by atoms with Crippen molar-refractivity contribution in [1.82, 2.24) is 0 Å². The van der Waals surface area contributed by atoms with E-state index in [2.05, 4.69) is 22.4 Å². The average Bonchev–Trinajstić information content (AvgIpc) is 3.13. The van der Waals surface area contributed by atoms with Crippen LogP contribution < -0.4 is 15.8 Å². The van der Waals surface area contributed by atoms with Crippen molar-refractivity contribution in [2.45, 2.75) is 25.8 Å². The number of hydrogen-bond donors (Lipinski definition) is 2. The minimum absolute atomic E-state index is 0.346. The van der Waals surface area contributed by atoms with E-state index in [9.17, 15) is 4.79 Å².